The average molecular weight is 325 g/mol. The van der Waals surface area contributed by atoms with E-state index in [1.807, 2.05) is 6.92 Å². The van der Waals surface area contributed by atoms with Gasteiger partial charge in [-0.15, -0.1) is 0 Å². The Morgan fingerprint density at radius 2 is 2.13 bits per heavy atom. The number of nitrogens with one attached hydrogen (secondary N) is 1. The first-order chi connectivity index (χ1) is 10.7. The standard InChI is InChI=1S/C16H23NO6/c1-9-4-12-6-16(7-14(19)20,13(12)5-9)8-17-15(21)23-11(3)22-10(2)18/h5,11-13H,4,6-8H2,1-3H3,(H,17,21)(H,19,20)/t11-,12+,13+,16+/m0/s1. The summed E-state index contributed by atoms with van der Waals surface area (Å²) in [7, 11) is 0. The molecule has 0 aromatic carbocycles. The first kappa shape index (κ1) is 17.3. The molecule has 2 aliphatic carbocycles. The molecule has 0 radical (unpaired) electrons. The van der Waals surface area contributed by atoms with Gasteiger partial charge in [-0.25, -0.2) is 4.79 Å². The molecule has 0 aromatic heterocycles. The van der Waals surface area contributed by atoms with Gasteiger partial charge in [0.25, 0.3) is 0 Å². The first-order valence-corrected chi connectivity index (χ1v) is 7.72. The van der Waals surface area contributed by atoms with Crippen molar-refractivity contribution in [2.75, 3.05) is 6.54 Å². The van der Waals surface area contributed by atoms with Crippen molar-refractivity contribution in [2.24, 2.45) is 17.3 Å². The van der Waals surface area contributed by atoms with Crippen LogP contribution < -0.4 is 5.32 Å². The summed E-state index contributed by atoms with van der Waals surface area (Å²) < 4.78 is 9.62. The van der Waals surface area contributed by atoms with E-state index >= 15 is 0 Å². The summed E-state index contributed by atoms with van der Waals surface area (Å²) in [5, 5.41) is 11.8. The molecule has 0 aliphatic heterocycles. The SMILES string of the molecule is CC(=O)O[C@H](C)OC(=O)NC[C@]1(CC(=O)O)C[C@H]2CC(C)=C[C@H]21. The van der Waals surface area contributed by atoms with E-state index in [-0.39, 0.29) is 18.9 Å². The van der Waals surface area contributed by atoms with E-state index in [2.05, 4.69) is 11.4 Å². The maximum absolute atomic E-state index is 11.8. The number of carboxylic acids is 1. The number of esters is 1. The summed E-state index contributed by atoms with van der Waals surface area (Å²) in [6.07, 6.45) is 2.22. The monoisotopic (exact) mass is 325 g/mol. The third kappa shape index (κ3) is 4.03. The molecule has 1 amide bonds. The van der Waals surface area contributed by atoms with Crippen LogP contribution in [0.4, 0.5) is 4.79 Å². The maximum Gasteiger partial charge on any atom is 0.410 e. The van der Waals surface area contributed by atoms with Crippen molar-refractivity contribution in [3.8, 4) is 0 Å². The molecule has 2 rings (SSSR count). The molecule has 23 heavy (non-hydrogen) atoms. The quantitative estimate of drug-likeness (QED) is 0.440. The van der Waals surface area contributed by atoms with Crippen molar-refractivity contribution in [2.45, 2.75) is 46.3 Å². The Morgan fingerprint density at radius 1 is 1.43 bits per heavy atom. The first-order valence-electron chi connectivity index (χ1n) is 7.72. The number of carboxylic acid groups (broad SMARTS) is 1. The fourth-order valence-corrected chi connectivity index (χ4v) is 3.87. The van der Waals surface area contributed by atoms with E-state index < -0.39 is 29.7 Å². The predicted octanol–water partition coefficient (Wildman–Crippen LogP) is 2.07. The number of hydrogen-bond donors (Lipinski definition) is 2. The Morgan fingerprint density at radius 3 is 2.70 bits per heavy atom. The van der Waals surface area contributed by atoms with Gasteiger partial charge in [-0.1, -0.05) is 11.6 Å². The number of allylic oxidation sites excluding steroid dienone is 2. The Bertz CT molecular complexity index is 543. The highest BCUT2D eigenvalue weighted by molar-refractivity contribution is 5.70. The molecule has 1 fully saturated rings. The second-order valence-corrected chi connectivity index (χ2v) is 6.58. The zero-order valence-electron chi connectivity index (χ0n) is 13.6. The van der Waals surface area contributed by atoms with Crippen molar-refractivity contribution in [3.63, 3.8) is 0 Å². The lowest BCUT2D eigenvalue weighted by Gasteiger charge is -2.51. The lowest BCUT2D eigenvalue weighted by Crippen LogP contribution is -2.53. The molecule has 4 atom stereocenters. The molecule has 0 unspecified atom stereocenters. The van der Waals surface area contributed by atoms with Crippen molar-refractivity contribution < 1.29 is 29.0 Å². The fourth-order valence-electron chi connectivity index (χ4n) is 3.87. The molecule has 0 heterocycles. The van der Waals surface area contributed by atoms with Crippen LogP contribution in [0.3, 0.4) is 0 Å². The molecule has 2 aliphatic rings. The van der Waals surface area contributed by atoms with E-state index in [0.29, 0.717) is 5.92 Å². The van der Waals surface area contributed by atoms with E-state index in [9.17, 15) is 19.5 Å². The Balaban J connectivity index is 1.91. The predicted molar refractivity (Wildman–Crippen MR) is 80.4 cm³/mol. The van der Waals surface area contributed by atoms with Gasteiger partial charge in [0.1, 0.15) is 0 Å². The number of fused-ring (bicyclic) bond motifs is 1. The van der Waals surface area contributed by atoms with Gasteiger partial charge in [-0.2, -0.15) is 0 Å². The Hall–Kier alpha value is -2.05. The number of hydrogen-bond acceptors (Lipinski definition) is 5. The zero-order valence-corrected chi connectivity index (χ0v) is 13.6. The number of amides is 1. The summed E-state index contributed by atoms with van der Waals surface area (Å²) in [4.78, 5) is 33.8. The van der Waals surface area contributed by atoms with E-state index in [1.54, 1.807) is 0 Å². The minimum absolute atomic E-state index is 0.0116. The molecule has 0 spiro atoms. The number of rotatable bonds is 6. The zero-order chi connectivity index (χ0) is 17.2. The summed E-state index contributed by atoms with van der Waals surface area (Å²) >= 11 is 0. The minimum Gasteiger partial charge on any atom is -0.481 e. The van der Waals surface area contributed by atoms with Gasteiger partial charge in [-0.05, 0) is 31.6 Å². The van der Waals surface area contributed by atoms with Crippen LogP contribution in [-0.2, 0) is 19.1 Å². The highest BCUT2D eigenvalue weighted by Crippen LogP contribution is 2.59. The highest BCUT2D eigenvalue weighted by Gasteiger charge is 2.55. The summed E-state index contributed by atoms with van der Waals surface area (Å²) in [6.45, 7) is 4.95. The molecule has 0 bridgehead atoms. The molecular formula is C16H23NO6. The van der Waals surface area contributed by atoms with Crippen LogP contribution in [0, 0.1) is 17.3 Å². The summed E-state index contributed by atoms with van der Waals surface area (Å²) in [6, 6.07) is 0. The van der Waals surface area contributed by atoms with Crippen LogP contribution in [0.25, 0.3) is 0 Å². The van der Waals surface area contributed by atoms with Crippen LogP contribution in [0.15, 0.2) is 11.6 Å². The van der Waals surface area contributed by atoms with Crippen molar-refractivity contribution in [3.05, 3.63) is 11.6 Å². The summed E-state index contributed by atoms with van der Waals surface area (Å²) in [5.41, 5.74) is 0.816. The van der Waals surface area contributed by atoms with Gasteiger partial charge in [0.2, 0.25) is 6.29 Å². The molecular weight excluding hydrogens is 302 g/mol. The molecule has 0 saturated heterocycles. The van der Waals surface area contributed by atoms with Gasteiger partial charge >= 0.3 is 18.0 Å². The van der Waals surface area contributed by atoms with Crippen molar-refractivity contribution in [1.29, 1.82) is 0 Å². The highest BCUT2D eigenvalue weighted by atomic mass is 16.7. The van der Waals surface area contributed by atoms with E-state index in [1.165, 1.54) is 19.4 Å². The normalized spacial score (nSPS) is 29.6. The lowest BCUT2D eigenvalue weighted by molar-refractivity contribution is -0.162. The molecule has 2 N–H and O–H groups in total. The lowest BCUT2D eigenvalue weighted by atomic mass is 9.53. The largest absolute Gasteiger partial charge is 0.481 e. The van der Waals surface area contributed by atoms with Gasteiger partial charge in [-0.3, -0.25) is 9.59 Å². The molecule has 7 heteroatoms. The molecule has 0 aromatic rings. The van der Waals surface area contributed by atoms with E-state index in [0.717, 1.165) is 12.8 Å². The van der Waals surface area contributed by atoms with Crippen LogP contribution >= 0.6 is 0 Å². The number of ether oxygens (including phenoxy) is 2. The van der Waals surface area contributed by atoms with Gasteiger partial charge in [0.15, 0.2) is 0 Å². The van der Waals surface area contributed by atoms with E-state index in [4.69, 9.17) is 9.47 Å². The van der Waals surface area contributed by atoms with Crippen LogP contribution in [-0.4, -0.2) is 36.0 Å². The fraction of sp³-hybridized carbons (Fsp3) is 0.688. The topological polar surface area (TPSA) is 102 Å². The van der Waals surface area contributed by atoms with Crippen molar-refractivity contribution in [1.82, 2.24) is 5.32 Å². The smallest absolute Gasteiger partial charge is 0.410 e. The third-order valence-corrected chi connectivity index (χ3v) is 4.62. The minimum atomic E-state index is -0.981. The van der Waals surface area contributed by atoms with Gasteiger partial charge in [0.05, 0.1) is 6.42 Å². The molecule has 7 nitrogen and oxygen atoms in total. The maximum atomic E-state index is 11.8. The van der Waals surface area contributed by atoms with Gasteiger partial charge < -0.3 is 19.9 Å². The van der Waals surface area contributed by atoms with Gasteiger partial charge in [0, 0.05) is 25.8 Å². The van der Waals surface area contributed by atoms with Crippen molar-refractivity contribution >= 4 is 18.0 Å². The average Bonchev–Trinajstić information content (AvgIpc) is 2.70. The van der Waals surface area contributed by atoms with Crippen LogP contribution in [0.2, 0.25) is 0 Å². The molecule has 1 saturated carbocycles. The number of carbonyl (C=O) groups is 3. The number of carbonyl (C=O) groups excluding carboxylic acids is 2. The second-order valence-electron chi connectivity index (χ2n) is 6.58. The molecule has 128 valence electrons. The van der Waals surface area contributed by atoms with Crippen LogP contribution in [0.5, 0.6) is 0 Å². The van der Waals surface area contributed by atoms with Crippen LogP contribution in [0.1, 0.15) is 40.0 Å². The summed E-state index contributed by atoms with van der Waals surface area (Å²) in [5.74, 6) is -0.747. The Labute approximate surface area is 135 Å². The number of alkyl carbamates (subject to hydrolysis) is 1. The third-order valence-electron chi connectivity index (χ3n) is 4.62. The Kier molecular flexibility index (Phi) is 4.97. The number of aliphatic carboxylic acids is 1. The second kappa shape index (κ2) is 6.60.